The zero-order chi connectivity index (χ0) is 20.8. The van der Waals surface area contributed by atoms with Gasteiger partial charge in [-0.3, -0.25) is 19.2 Å². The minimum atomic E-state index is -0.250. The number of nitrogens with zero attached hydrogens (tertiary/aromatic N) is 3. The Bertz CT molecular complexity index is 789. The van der Waals surface area contributed by atoms with Crippen molar-refractivity contribution in [2.45, 2.75) is 32.4 Å². The molecule has 2 aliphatic rings. The van der Waals surface area contributed by atoms with E-state index in [1.165, 1.54) is 6.92 Å². The highest BCUT2D eigenvalue weighted by atomic mass is 16.3. The second-order valence-corrected chi connectivity index (χ2v) is 7.55. The average Bonchev–Trinajstić information content (AvgIpc) is 2.62. The first-order valence-electron chi connectivity index (χ1n) is 9.24. The van der Waals surface area contributed by atoms with Gasteiger partial charge in [0.15, 0.2) is 0 Å². The van der Waals surface area contributed by atoms with Crippen LogP contribution in [0.25, 0.3) is 0 Å². The van der Waals surface area contributed by atoms with Gasteiger partial charge in [0.2, 0.25) is 11.8 Å². The molecule has 9 nitrogen and oxygen atoms in total. The number of piperidine rings is 1. The number of carbonyl (C=O) groups is 3. The molecule has 1 saturated heterocycles. The topological polar surface area (TPSA) is 112 Å². The van der Waals surface area contributed by atoms with Crippen molar-refractivity contribution in [3.05, 3.63) is 33.7 Å². The van der Waals surface area contributed by atoms with E-state index in [-0.39, 0.29) is 36.3 Å². The molecule has 2 aliphatic heterocycles. The lowest BCUT2D eigenvalue weighted by atomic mass is 9.83. The molecule has 1 fully saturated rings. The van der Waals surface area contributed by atoms with Crippen LogP contribution in [0.1, 0.15) is 30.5 Å². The van der Waals surface area contributed by atoms with Gasteiger partial charge in [-0.15, -0.1) is 0 Å². The summed E-state index contributed by atoms with van der Waals surface area (Å²) in [4.78, 5) is 48.3. The molecule has 0 aliphatic carbocycles. The van der Waals surface area contributed by atoms with Crippen LogP contribution in [-0.2, 0) is 27.5 Å². The van der Waals surface area contributed by atoms with Gasteiger partial charge in [-0.05, 0) is 32.5 Å². The van der Waals surface area contributed by atoms with E-state index in [9.17, 15) is 14.4 Å². The molecule has 1 aromatic rings. The van der Waals surface area contributed by atoms with Gasteiger partial charge < -0.3 is 24.8 Å². The number of amides is 2. The van der Waals surface area contributed by atoms with Gasteiger partial charge in [-0.25, -0.2) is 0 Å². The normalized spacial score (nSPS) is 19.9. The molecule has 2 bridgehead atoms. The number of hydrogen-bond donors (Lipinski definition) is 2. The molecular weight excluding hydrogens is 364 g/mol. The Balaban J connectivity index is 0.000000878. The molecule has 3 heterocycles. The highest BCUT2D eigenvalue weighted by Gasteiger charge is 2.36. The van der Waals surface area contributed by atoms with Crippen LogP contribution >= 0.6 is 0 Å². The number of rotatable bonds is 4. The molecule has 2 amide bonds. The lowest BCUT2D eigenvalue weighted by molar-refractivity contribution is -0.134. The van der Waals surface area contributed by atoms with E-state index >= 15 is 0 Å². The lowest BCUT2D eigenvalue weighted by Crippen LogP contribution is -2.51. The molecule has 0 saturated carbocycles. The highest BCUT2D eigenvalue weighted by Crippen LogP contribution is 2.35. The third-order valence-electron chi connectivity index (χ3n) is 5.01. The summed E-state index contributed by atoms with van der Waals surface area (Å²) < 4.78 is 1.91. The molecule has 9 heteroatoms. The lowest BCUT2D eigenvalue weighted by Gasteiger charge is -2.43. The molecule has 0 aromatic carbocycles. The molecule has 0 radical (unpaired) electrons. The molecule has 154 valence electrons. The summed E-state index contributed by atoms with van der Waals surface area (Å²) in [6.07, 6.45) is 1.01. The summed E-state index contributed by atoms with van der Waals surface area (Å²) in [5.74, 6) is 0.232. The second kappa shape index (κ2) is 9.50. The monoisotopic (exact) mass is 392 g/mol. The van der Waals surface area contributed by atoms with E-state index < -0.39 is 0 Å². The van der Waals surface area contributed by atoms with Gasteiger partial charge >= 0.3 is 0 Å². The van der Waals surface area contributed by atoms with Crippen LogP contribution in [0.2, 0.25) is 0 Å². The van der Waals surface area contributed by atoms with Crippen molar-refractivity contribution in [2.24, 2.45) is 5.92 Å². The van der Waals surface area contributed by atoms with Gasteiger partial charge in [0.05, 0.1) is 6.54 Å². The Hall–Kier alpha value is -2.68. The van der Waals surface area contributed by atoms with Crippen molar-refractivity contribution < 1.29 is 19.5 Å². The SMILES string of the molecule is CC(=O)NCC(=O)N1C[C@@H]2C[C@H](C1)c1ccc(CN(C)C)c(=O)n1C2.O=CO. The quantitative estimate of drug-likeness (QED) is 0.680. The molecule has 1 aromatic heterocycles. The number of aromatic nitrogens is 1. The van der Waals surface area contributed by atoms with Crippen molar-refractivity contribution >= 4 is 18.3 Å². The zero-order valence-corrected chi connectivity index (χ0v) is 16.6. The summed E-state index contributed by atoms with van der Waals surface area (Å²) in [5, 5.41) is 9.46. The van der Waals surface area contributed by atoms with E-state index in [0.717, 1.165) is 17.7 Å². The molecule has 3 rings (SSSR count). The van der Waals surface area contributed by atoms with Gasteiger partial charge in [-0.2, -0.15) is 0 Å². The van der Waals surface area contributed by atoms with E-state index in [1.54, 1.807) is 0 Å². The van der Waals surface area contributed by atoms with Gasteiger partial charge in [0, 0.05) is 50.3 Å². The van der Waals surface area contributed by atoms with Crippen LogP contribution < -0.4 is 10.9 Å². The first-order chi connectivity index (χ1) is 13.3. The van der Waals surface area contributed by atoms with Crippen LogP contribution in [0.4, 0.5) is 0 Å². The number of carbonyl (C=O) groups excluding carboxylic acids is 2. The molecular formula is C19H28N4O5. The fourth-order valence-corrected chi connectivity index (χ4v) is 3.97. The van der Waals surface area contributed by atoms with Crippen molar-refractivity contribution in [3.63, 3.8) is 0 Å². The summed E-state index contributed by atoms with van der Waals surface area (Å²) in [6, 6.07) is 3.97. The zero-order valence-electron chi connectivity index (χ0n) is 16.6. The van der Waals surface area contributed by atoms with Crippen LogP contribution in [0.5, 0.6) is 0 Å². The first-order valence-corrected chi connectivity index (χ1v) is 9.24. The first kappa shape index (κ1) is 21.6. The van der Waals surface area contributed by atoms with Crippen molar-refractivity contribution in [3.8, 4) is 0 Å². The number of hydrogen-bond acceptors (Lipinski definition) is 5. The number of pyridine rings is 1. The summed E-state index contributed by atoms with van der Waals surface area (Å²) in [5.41, 5.74) is 1.94. The van der Waals surface area contributed by atoms with Crippen molar-refractivity contribution in [1.29, 1.82) is 0 Å². The summed E-state index contributed by atoms with van der Waals surface area (Å²) in [6.45, 7) is 3.77. The Labute approximate surface area is 163 Å². The third kappa shape index (κ3) is 5.19. The number of likely N-dealkylation sites (tertiary alicyclic amines) is 1. The number of nitrogens with one attached hydrogen (secondary N) is 1. The maximum Gasteiger partial charge on any atom is 0.290 e. The molecule has 28 heavy (non-hydrogen) atoms. The number of fused-ring (bicyclic) bond motifs is 4. The Morgan fingerprint density at radius 1 is 1.29 bits per heavy atom. The van der Waals surface area contributed by atoms with Crippen LogP contribution in [0.3, 0.4) is 0 Å². The summed E-state index contributed by atoms with van der Waals surface area (Å²) in [7, 11) is 3.91. The van der Waals surface area contributed by atoms with E-state index in [0.29, 0.717) is 32.1 Å². The second-order valence-electron chi connectivity index (χ2n) is 7.55. The van der Waals surface area contributed by atoms with Crippen molar-refractivity contribution in [1.82, 2.24) is 19.7 Å². The van der Waals surface area contributed by atoms with Crippen LogP contribution in [0.15, 0.2) is 16.9 Å². The maximum atomic E-state index is 12.8. The van der Waals surface area contributed by atoms with E-state index in [2.05, 4.69) is 5.32 Å². The standard InChI is InChI=1S/C18H26N4O3.CH2O2/c1-12(23)19-7-17(24)21-8-13-6-15(11-21)16-5-4-14(10-20(2)3)18(25)22(16)9-13;2-1-3/h4-5,13,15H,6-11H2,1-3H3,(H,19,23);1H,(H,2,3)/t13-,15+;/m0./s1. The molecule has 0 unspecified atom stereocenters. The molecule has 2 atom stereocenters. The van der Waals surface area contributed by atoms with Crippen molar-refractivity contribution in [2.75, 3.05) is 33.7 Å². The fraction of sp³-hybridized carbons (Fsp3) is 0.579. The van der Waals surface area contributed by atoms with Gasteiger partial charge in [0.1, 0.15) is 0 Å². The van der Waals surface area contributed by atoms with Gasteiger partial charge in [-0.1, -0.05) is 6.07 Å². The Kier molecular flexibility index (Phi) is 7.33. The minimum Gasteiger partial charge on any atom is -0.483 e. The predicted molar refractivity (Wildman–Crippen MR) is 103 cm³/mol. The smallest absolute Gasteiger partial charge is 0.290 e. The molecule has 0 spiro atoms. The fourth-order valence-electron chi connectivity index (χ4n) is 3.97. The Morgan fingerprint density at radius 3 is 2.57 bits per heavy atom. The van der Waals surface area contributed by atoms with E-state index in [1.807, 2.05) is 40.6 Å². The number of carboxylic acid groups (broad SMARTS) is 1. The Morgan fingerprint density at radius 2 is 1.96 bits per heavy atom. The maximum absolute atomic E-state index is 12.8. The summed E-state index contributed by atoms with van der Waals surface area (Å²) >= 11 is 0. The van der Waals surface area contributed by atoms with E-state index in [4.69, 9.17) is 9.90 Å². The highest BCUT2D eigenvalue weighted by molar-refractivity contribution is 5.83. The predicted octanol–water partition coefficient (Wildman–Crippen LogP) is -0.307. The van der Waals surface area contributed by atoms with Gasteiger partial charge in [0.25, 0.3) is 12.0 Å². The molecule has 2 N–H and O–H groups in total. The van der Waals surface area contributed by atoms with Crippen LogP contribution in [-0.4, -0.2) is 71.5 Å². The average molecular weight is 392 g/mol. The van der Waals surface area contributed by atoms with Crippen LogP contribution in [0, 0.1) is 5.92 Å². The third-order valence-corrected chi connectivity index (χ3v) is 5.01. The minimum absolute atomic E-state index is 0.0450. The largest absolute Gasteiger partial charge is 0.483 e.